The van der Waals surface area contributed by atoms with E-state index in [1.807, 2.05) is 0 Å². The Labute approximate surface area is 151 Å². The Morgan fingerprint density at radius 3 is 2.44 bits per heavy atom. The summed E-state index contributed by atoms with van der Waals surface area (Å²) in [5, 5.41) is 6.64. The predicted molar refractivity (Wildman–Crippen MR) is 85.5 cm³/mol. The van der Waals surface area contributed by atoms with Crippen LogP contribution in [0.1, 0.15) is 18.5 Å². The van der Waals surface area contributed by atoms with Crippen molar-refractivity contribution in [2.45, 2.75) is 24.2 Å². The molecule has 0 radical (unpaired) electrons. The molecule has 27 heavy (non-hydrogen) atoms. The average molecular weight is 403 g/mol. The molecule has 7 nitrogen and oxygen atoms in total. The van der Waals surface area contributed by atoms with Crippen LogP contribution >= 0.6 is 0 Å². The molecular weight excluding hydrogens is 390 g/mol. The molecule has 144 valence electrons. The van der Waals surface area contributed by atoms with Crippen molar-refractivity contribution in [3.05, 3.63) is 54.4 Å². The number of nitrogens with zero attached hydrogens (tertiary/aromatic N) is 5. The van der Waals surface area contributed by atoms with Crippen molar-refractivity contribution in [2.24, 2.45) is 0 Å². The van der Waals surface area contributed by atoms with E-state index in [-0.39, 0.29) is 9.95 Å². The Morgan fingerprint density at radius 1 is 1.19 bits per heavy atom. The molecule has 0 amide bonds. The van der Waals surface area contributed by atoms with Gasteiger partial charge in [0.05, 0.1) is 0 Å². The number of hydrogen-bond donors (Lipinski definition) is 0. The Bertz CT molecular complexity index is 1050. The number of fused-ring (bicyclic) bond motifs is 1. The Kier molecular flexibility index (Phi) is 4.86. The molecule has 0 bridgehead atoms. The number of rotatable bonds is 5. The summed E-state index contributed by atoms with van der Waals surface area (Å²) in [6.45, 7) is 0.791. The first-order valence-electron chi connectivity index (χ1n) is 7.64. The fourth-order valence-electron chi connectivity index (χ4n) is 2.63. The molecule has 0 aliphatic heterocycles. The number of halogens is 4. The van der Waals surface area contributed by atoms with Gasteiger partial charge in [-0.25, -0.2) is 17.8 Å². The van der Waals surface area contributed by atoms with E-state index in [0.29, 0.717) is 0 Å². The van der Waals surface area contributed by atoms with E-state index in [2.05, 4.69) is 15.2 Å². The Hall–Kier alpha value is -2.60. The van der Waals surface area contributed by atoms with E-state index in [1.54, 1.807) is 0 Å². The molecule has 3 aromatic rings. The quantitative estimate of drug-likeness (QED) is 0.483. The lowest BCUT2D eigenvalue weighted by atomic mass is 10.1. The highest BCUT2D eigenvalue weighted by molar-refractivity contribution is 7.89. The van der Waals surface area contributed by atoms with Crippen molar-refractivity contribution in [1.29, 1.82) is 0 Å². The number of hydrogen-bond acceptors (Lipinski definition) is 5. The molecule has 0 spiro atoms. The summed E-state index contributed by atoms with van der Waals surface area (Å²) in [7, 11) is -4.63. The standard InChI is InChI=1S/C15H13F4N5O2S/c1-2-24(14(15(17,18)19)10-3-5-11(16)6-4-10)27(25,26)13-7-12-22-21-9-23(12)8-20-13/h3-9,14H,2H2,1H3. The molecule has 0 aliphatic rings. The second-order valence-electron chi connectivity index (χ2n) is 5.53. The van der Waals surface area contributed by atoms with Crippen molar-refractivity contribution >= 4 is 15.7 Å². The lowest BCUT2D eigenvalue weighted by Gasteiger charge is -2.31. The normalized spacial score (nSPS) is 14.0. The van der Waals surface area contributed by atoms with Crippen LogP contribution < -0.4 is 0 Å². The van der Waals surface area contributed by atoms with Crippen LogP contribution in [0.5, 0.6) is 0 Å². The lowest BCUT2D eigenvalue weighted by molar-refractivity contribution is -0.173. The van der Waals surface area contributed by atoms with E-state index in [1.165, 1.54) is 17.7 Å². The summed E-state index contributed by atoms with van der Waals surface area (Å²) in [5.74, 6) is -0.732. The number of benzene rings is 1. The minimum atomic E-state index is -4.93. The van der Waals surface area contributed by atoms with Gasteiger partial charge < -0.3 is 0 Å². The van der Waals surface area contributed by atoms with Crippen molar-refractivity contribution in [1.82, 2.24) is 23.9 Å². The minimum absolute atomic E-state index is 0.116. The maximum atomic E-state index is 13.7. The highest BCUT2D eigenvalue weighted by atomic mass is 32.2. The predicted octanol–water partition coefficient (Wildman–Crippen LogP) is 2.58. The van der Waals surface area contributed by atoms with Gasteiger partial charge in [0.2, 0.25) is 0 Å². The van der Waals surface area contributed by atoms with Crippen LogP contribution in [0, 0.1) is 5.82 Å². The van der Waals surface area contributed by atoms with E-state index in [4.69, 9.17) is 0 Å². The van der Waals surface area contributed by atoms with Crippen LogP contribution in [0.3, 0.4) is 0 Å². The molecule has 0 aliphatic carbocycles. The fraction of sp³-hybridized carbons (Fsp3) is 0.267. The molecule has 1 aromatic carbocycles. The average Bonchev–Trinajstić information content (AvgIpc) is 3.07. The van der Waals surface area contributed by atoms with E-state index in [9.17, 15) is 26.0 Å². The lowest BCUT2D eigenvalue weighted by Crippen LogP contribution is -2.42. The van der Waals surface area contributed by atoms with Crippen LogP contribution in [0.2, 0.25) is 0 Å². The highest BCUT2D eigenvalue weighted by Crippen LogP contribution is 2.40. The van der Waals surface area contributed by atoms with E-state index < -0.39 is 45.2 Å². The second-order valence-corrected chi connectivity index (χ2v) is 7.37. The van der Waals surface area contributed by atoms with Crippen LogP contribution in [0.15, 0.2) is 48.0 Å². The maximum Gasteiger partial charge on any atom is 0.409 e. The molecule has 12 heteroatoms. The summed E-state index contributed by atoms with van der Waals surface area (Å²) >= 11 is 0. The SMILES string of the molecule is CCN(C(c1ccc(F)cc1)C(F)(F)F)S(=O)(=O)c1cc2nncn2cn1. The molecule has 3 rings (SSSR count). The zero-order valence-electron chi connectivity index (χ0n) is 13.8. The molecule has 1 atom stereocenters. The molecule has 0 N–H and O–H groups in total. The van der Waals surface area contributed by atoms with E-state index in [0.717, 1.165) is 36.7 Å². The smallest absolute Gasteiger partial charge is 0.272 e. The van der Waals surface area contributed by atoms with Gasteiger partial charge >= 0.3 is 6.18 Å². The number of sulfonamides is 1. The van der Waals surface area contributed by atoms with Gasteiger partial charge in [0, 0.05) is 12.6 Å². The minimum Gasteiger partial charge on any atom is -0.272 e. The molecule has 0 saturated heterocycles. The van der Waals surface area contributed by atoms with Crippen LogP contribution in [0.25, 0.3) is 5.65 Å². The molecule has 0 saturated carbocycles. The Balaban J connectivity index is 2.11. The third-order valence-corrected chi connectivity index (χ3v) is 5.67. The van der Waals surface area contributed by atoms with Gasteiger partial charge in [-0.1, -0.05) is 19.1 Å². The van der Waals surface area contributed by atoms with Crippen LogP contribution in [-0.2, 0) is 10.0 Å². The van der Waals surface area contributed by atoms with Crippen molar-refractivity contribution < 1.29 is 26.0 Å². The topological polar surface area (TPSA) is 80.5 Å². The summed E-state index contributed by atoms with van der Waals surface area (Å²) < 4.78 is 81.7. The highest BCUT2D eigenvalue weighted by Gasteiger charge is 2.49. The van der Waals surface area contributed by atoms with Gasteiger partial charge in [0.25, 0.3) is 10.0 Å². The summed E-state index contributed by atoms with van der Waals surface area (Å²) in [5.41, 5.74) is -0.289. The zero-order chi connectivity index (χ0) is 19.8. The first kappa shape index (κ1) is 19.2. The van der Waals surface area contributed by atoms with Gasteiger partial charge in [0.1, 0.15) is 24.5 Å². The van der Waals surface area contributed by atoms with Gasteiger partial charge in [0.15, 0.2) is 10.7 Å². The summed E-state index contributed by atoms with van der Waals surface area (Å²) in [6, 6.07) is 2.03. The largest absolute Gasteiger partial charge is 0.409 e. The van der Waals surface area contributed by atoms with E-state index >= 15 is 0 Å². The summed E-state index contributed by atoms with van der Waals surface area (Å²) in [6.07, 6.45) is -2.57. The Morgan fingerprint density at radius 2 is 1.85 bits per heavy atom. The third kappa shape index (κ3) is 3.62. The van der Waals surface area contributed by atoms with Crippen LogP contribution in [0.4, 0.5) is 17.6 Å². The van der Waals surface area contributed by atoms with Crippen molar-refractivity contribution in [3.8, 4) is 0 Å². The fourth-order valence-corrected chi connectivity index (χ4v) is 4.16. The molecule has 1 unspecified atom stereocenters. The van der Waals surface area contributed by atoms with Gasteiger partial charge in [-0.3, -0.25) is 4.40 Å². The molecular formula is C15H13F4N5O2S. The van der Waals surface area contributed by atoms with Gasteiger partial charge in [-0.05, 0) is 17.7 Å². The molecule has 2 aromatic heterocycles. The monoisotopic (exact) mass is 403 g/mol. The first-order chi connectivity index (χ1) is 12.6. The van der Waals surface area contributed by atoms with Crippen molar-refractivity contribution in [3.63, 3.8) is 0 Å². The van der Waals surface area contributed by atoms with Gasteiger partial charge in [-0.2, -0.15) is 17.5 Å². The number of alkyl halides is 3. The summed E-state index contributed by atoms with van der Waals surface area (Å²) in [4.78, 5) is 3.72. The third-order valence-electron chi connectivity index (χ3n) is 3.83. The first-order valence-corrected chi connectivity index (χ1v) is 9.08. The zero-order valence-corrected chi connectivity index (χ0v) is 14.6. The van der Waals surface area contributed by atoms with Gasteiger partial charge in [-0.15, -0.1) is 10.2 Å². The maximum absolute atomic E-state index is 13.7. The second kappa shape index (κ2) is 6.85. The van der Waals surface area contributed by atoms with Crippen LogP contribution in [-0.4, -0.2) is 45.0 Å². The molecule has 0 fully saturated rings. The molecule has 2 heterocycles. The number of aromatic nitrogens is 4. The van der Waals surface area contributed by atoms with Crippen molar-refractivity contribution in [2.75, 3.05) is 6.54 Å².